The van der Waals surface area contributed by atoms with E-state index in [0.29, 0.717) is 23.7 Å². The van der Waals surface area contributed by atoms with E-state index in [0.717, 1.165) is 32.4 Å². The van der Waals surface area contributed by atoms with Crippen LogP contribution < -0.4 is 10.2 Å². The molecule has 1 fully saturated rings. The van der Waals surface area contributed by atoms with E-state index >= 15 is 0 Å². The van der Waals surface area contributed by atoms with Gasteiger partial charge in [-0.25, -0.2) is 4.79 Å². The first kappa shape index (κ1) is 28.0. The molecule has 3 aromatic carbocycles. The molecule has 2 heterocycles. The molecule has 2 aliphatic rings. The summed E-state index contributed by atoms with van der Waals surface area (Å²) in [5, 5.41) is 3.42. The molecular formula is C32H34N4O5. The highest BCUT2D eigenvalue weighted by Crippen LogP contribution is 2.35. The molecule has 1 N–H and O–H groups in total. The maximum atomic E-state index is 12.6. The first-order valence-corrected chi connectivity index (χ1v) is 14.0. The van der Waals surface area contributed by atoms with Crippen molar-refractivity contribution < 1.29 is 24.0 Å². The van der Waals surface area contributed by atoms with Gasteiger partial charge >= 0.3 is 5.97 Å². The zero-order valence-corrected chi connectivity index (χ0v) is 23.2. The second-order valence-electron chi connectivity index (χ2n) is 10.4. The van der Waals surface area contributed by atoms with Gasteiger partial charge in [-0.2, -0.15) is 0 Å². The number of fused-ring (bicyclic) bond motifs is 2. The number of aryl methyl sites for hydroxylation is 2. The van der Waals surface area contributed by atoms with Crippen molar-refractivity contribution in [2.45, 2.75) is 32.1 Å². The van der Waals surface area contributed by atoms with E-state index in [1.165, 1.54) is 46.8 Å². The maximum Gasteiger partial charge on any atom is 0.363 e. The average molecular weight is 555 g/mol. The molecule has 3 aromatic rings. The number of nitrogens with one attached hydrogen (secondary N) is 1. The van der Waals surface area contributed by atoms with Gasteiger partial charge in [0.25, 0.3) is 17.7 Å². The number of amides is 3. The molecule has 0 aliphatic carbocycles. The molecular weight excluding hydrogens is 520 g/mol. The number of hydrogen-bond acceptors (Lipinski definition) is 7. The molecule has 9 heteroatoms. The fourth-order valence-electron chi connectivity index (χ4n) is 5.24. The summed E-state index contributed by atoms with van der Waals surface area (Å²) in [6.07, 6.45) is 3.11. The number of imide groups is 1. The number of benzene rings is 3. The SMILES string of the molecule is CN(CCCN1c2ccccc2CCc2ccccc21)CCNC(=O)c1ccc(C(=O)ON2C(=O)CCC2=O)cc1. The number of nitrogens with zero attached hydrogens (tertiary/aromatic N) is 3. The molecule has 0 radical (unpaired) electrons. The van der Waals surface area contributed by atoms with E-state index in [2.05, 4.69) is 63.6 Å². The summed E-state index contributed by atoms with van der Waals surface area (Å²) in [5.41, 5.74) is 5.86. The standard InChI is InChI=1S/C32H34N4O5/c1-34(20-6-21-35-27-9-4-2-7-23(27)11-12-24-8-3-5-10-28(24)35)22-19-33-31(39)25-13-15-26(16-14-25)32(40)41-36-29(37)17-18-30(36)38/h2-5,7-10,13-16H,6,11-12,17-22H2,1H3,(H,33,39). The van der Waals surface area contributed by atoms with E-state index < -0.39 is 17.8 Å². The molecule has 1 saturated heterocycles. The highest BCUT2D eigenvalue weighted by atomic mass is 16.7. The fraction of sp³-hybridized carbons (Fsp3) is 0.312. The number of carbonyl (C=O) groups excluding carboxylic acids is 4. The Bertz CT molecular complexity index is 1370. The third kappa shape index (κ3) is 6.63. The predicted octanol–water partition coefficient (Wildman–Crippen LogP) is 3.90. The Morgan fingerprint density at radius 3 is 1.95 bits per heavy atom. The second-order valence-corrected chi connectivity index (χ2v) is 10.4. The van der Waals surface area contributed by atoms with E-state index in [1.807, 2.05) is 7.05 Å². The van der Waals surface area contributed by atoms with Gasteiger partial charge in [0.1, 0.15) is 0 Å². The van der Waals surface area contributed by atoms with Gasteiger partial charge in [-0.1, -0.05) is 36.4 Å². The molecule has 9 nitrogen and oxygen atoms in total. The van der Waals surface area contributed by atoms with Crippen LogP contribution in [-0.4, -0.2) is 66.9 Å². The molecule has 0 unspecified atom stereocenters. The monoisotopic (exact) mass is 554 g/mol. The van der Waals surface area contributed by atoms with E-state index in [1.54, 1.807) is 0 Å². The smallest absolute Gasteiger partial charge is 0.351 e. The number of rotatable bonds is 10. The Balaban J connectivity index is 1.07. The van der Waals surface area contributed by atoms with Gasteiger partial charge in [0, 0.05) is 49.4 Å². The van der Waals surface area contributed by atoms with Crippen LogP contribution in [0.4, 0.5) is 11.4 Å². The number of hydrogen-bond donors (Lipinski definition) is 1. The molecule has 0 atom stereocenters. The third-order valence-electron chi connectivity index (χ3n) is 7.49. The molecule has 0 spiro atoms. The van der Waals surface area contributed by atoms with E-state index in [-0.39, 0.29) is 24.3 Å². The zero-order chi connectivity index (χ0) is 28.8. The van der Waals surface area contributed by atoms with Gasteiger partial charge in [-0.3, -0.25) is 14.4 Å². The molecule has 0 bridgehead atoms. The summed E-state index contributed by atoms with van der Waals surface area (Å²) in [4.78, 5) is 57.7. The lowest BCUT2D eigenvalue weighted by atomic mass is 10.0. The summed E-state index contributed by atoms with van der Waals surface area (Å²) in [7, 11) is 2.05. The molecule has 5 rings (SSSR count). The van der Waals surface area contributed by atoms with Crippen LogP contribution in [-0.2, 0) is 27.3 Å². The Kier molecular flexibility index (Phi) is 8.74. The summed E-state index contributed by atoms with van der Waals surface area (Å²) in [6.45, 7) is 2.96. The van der Waals surface area contributed by atoms with Crippen LogP contribution in [0.25, 0.3) is 0 Å². The normalized spacial score (nSPS) is 14.5. The number of para-hydroxylation sites is 2. The van der Waals surface area contributed by atoms with Gasteiger partial charge in [0.05, 0.1) is 5.56 Å². The second kappa shape index (κ2) is 12.8. The quantitative estimate of drug-likeness (QED) is 0.380. The Morgan fingerprint density at radius 1 is 0.780 bits per heavy atom. The van der Waals surface area contributed by atoms with Crippen LogP contribution in [0.3, 0.4) is 0 Å². The van der Waals surface area contributed by atoms with Crippen molar-refractivity contribution in [1.29, 1.82) is 0 Å². The lowest BCUT2D eigenvalue weighted by Gasteiger charge is -2.28. The summed E-state index contributed by atoms with van der Waals surface area (Å²) in [6, 6.07) is 23.2. The van der Waals surface area contributed by atoms with Crippen molar-refractivity contribution >= 4 is 35.1 Å². The molecule has 2 aliphatic heterocycles. The van der Waals surface area contributed by atoms with E-state index in [9.17, 15) is 19.2 Å². The number of anilines is 2. The minimum Gasteiger partial charge on any atom is -0.351 e. The molecule has 41 heavy (non-hydrogen) atoms. The lowest BCUT2D eigenvalue weighted by Crippen LogP contribution is -2.34. The van der Waals surface area contributed by atoms with Gasteiger partial charge < -0.3 is 20.0 Å². The van der Waals surface area contributed by atoms with Crippen molar-refractivity contribution in [3.05, 3.63) is 95.1 Å². The fourth-order valence-corrected chi connectivity index (χ4v) is 5.24. The molecule has 0 saturated carbocycles. The topological polar surface area (TPSA) is 99.3 Å². The highest BCUT2D eigenvalue weighted by molar-refractivity contribution is 6.03. The van der Waals surface area contributed by atoms with Gasteiger partial charge in [0.15, 0.2) is 0 Å². The first-order valence-electron chi connectivity index (χ1n) is 14.0. The number of hydroxylamine groups is 2. The van der Waals surface area contributed by atoms with Crippen molar-refractivity contribution in [1.82, 2.24) is 15.3 Å². The molecule has 0 aromatic heterocycles. The van der Waals surface area contributed by atoms with Crippen molar-refractivity contribution in [3.8, 4) is 0 Å². The Labute approximate surface area is 239 Å². The minimum absolute atomic E-state index is 0.0297. The third-order valence-corrected chi connectivity index (χ3v) is 7.49. The largest absolute Gasteiger partial charge is 0.363 e. The summed E-state index contributed by atoms with van der Waals surface area (Å²) < 4.78 is 0. The maximum absolute atomic E-state index is 12.6. The van der Waals surface area contributed by atoms with Crippen molar-refractivity contribution in [3.63, 3.8) is 0 Å². The summed E-state index contributed by atoms with van der Waals surface area (Å²) in [5.74, 6) is -2.15. The van der Waals surface area contributed by atoms with Crippen LogP contribution in [0.1, 0.15) is 51.1 Å². The van der Waals surface area contributed by atoms with Gasteiger partial charge in [-0.15, -0.1) is 5.06 Å². The lowest BCUT2D eigenvalue weighted by molar-refractivity contribution is -0.172. The van der Waals surface area contributed by atoms with Crippen LogP contribution >= 0.6 is 0 Å². The molecule has 212 valence electrons. The summed E-state index contributed by atoms with van der Waals surface area (Å²) >= 11 is 0. The van der Waals surface area contributed by atoms with Crippen LogP contribution in [0.5, 0.6) is 0 Å². The van der Waals surface area contributed by atoms with Crippen LogP contribution in [0.2, 0.25) is 0 Å². The predicted molar refractivity (Wildman–Crippen MR) is 155 cm³/mol. The Morgan fingerprint density at radius 2 is 1.34 bits per heavy atom. The zero-order valence-electron chi connectivity index (χ0n) is 23.2. The van der Waals surface area contributed by atoms with E-state index in [4.69, 9.17) is 4.84 Å². The average Bonchev–Trinajstić information content (AvgIpc) is 3.21. The van der Waals surface area contributed by atoms with Crippen LogP contribution in [0, 0.1) is 0 Å². The van der Waals surface area contributed by atoms with Crippen molar-refractivity contribution in [2.24, 2.45) is 0 Å². The highest BCUT2D eigenvalue weighted by Gasteiger charge is 2.33. The van der Waals surface area contributed by atoms with Crippen LogP contribution in [0.15, 0.2) is 72.8 Å². The minimum atomic E-state index is -0.825. The van der Waals surface area contributed by atoms with Crippen molar-refractivity contribution in [2.75, 3.05) is 38.1 Å². The molecule has 3 amide bonds. The Hall–Kier alpha value is -4.50. The number of carbonyl (C=O) groups is 4. The first-order chi connectivity index (χ1) is 19.9. The van der Waals surface area contributed by atoms with Gasteiger partial charge in [0.2, 0.25) is 0 Å². The van der Waals surface area contributed by atoms with Gasteiger partial charge in [-0.05, 0) is 80.4 Å². The number of likely N-dealkylation sites (N-methyl/N-ethyl adjacent to an activating group) is 1.